The summed E-state index contributed by atoms with van der Waals surface area (Å²) in [5.74, 6) is 0. The molecule has 0 N–H and O–H groups in total. The first-order valence-corrected chi connectivity index (χ1v) is 9.84. The molecule has 1 aromatic carbocycles. The highest BCUT2D eigenvalue weighted by Crippen LogP contribution is 2.33. The number of nitro benzene ring substituents is 1. The van der Waals surface area contributed by atoms with Crippen LogP contribution < -0.4 is 4.90 Å². The van der Waals surface area contributed by atoms with Crippen LogP contribution in [0.2, 0.25) is 0 Å². The van der Waals surface area contributed by atoms with E-state index in [0.29, 0.717) is 16.9 Å². The van der Waals surface area contributed by atoms with Gasteiger partial charge in [0.1, 0.15) is 5.60 Å². The fraction of sp³-hybridized carbons (Fsp3) is 0.421. The number of nitrogens with zero attached hydrogens (tertiary/aromatic N) is 3. The third-order valence-corrected chi connectivity index (χ3v) is 4.56. The van der Waals surface area contributed by atoms with Crippen LogP contribution in [-0.4, -0.2) is 34.3 Å². The lowest BCUT2D eigenvalue weighted by Crippen LogP contribution is -2.41. The molecule has 1 aromatic heterocycles. The minimum atomic E-state index is -0.886. The number of amides is 2. The number of aromatic nitrogens is 1. The van der Waals surface area contributed by atoms with E-state index in [4.69, 9.17) is 9.47 Å². The lowest BCUT2D eigenvalue weighted by molar-refractivity contribution is -0.384. The number of rotatable bonds is 6. The van der Waals surface area contributed by atoms with Gasteiger partial charge in [-0.1, -0.05) is 24.7 Å². The maximum absolute atomic E-state index is 12.6. The molecule has 0 bridgehead atoms. The molecule has 10 heteroatoms. The SMILES string of the molecule is CCCCOC(=O)N(C(=O)OC(C)(C)C)c1ncc(-c2ccc([N+](=O)[O-])cc2)s1. The number of carbonyl (C=O) groups excluding carboxylic acids is 2. The molecule has 29 heavy (non-hydrogen) atoms. The van der Waals surface area contributed by atoms with Gasteiger partial charge in [-0.25, -0.2) is 14.6 Å². The fourth-order valence-electron chi connectivity index (χ4n) is 2.16. The van der Waals surface area contributed by atoms with Gasteiger partial charge in [0, 0.05) is 18.3 Å². The van der Waals surface area contributed by atoms with E-state index in [1.54, 1.807) is 32.9 Å². The van der Waals surface area contributed by atoms with Crippen LogP contribution in [0.15, 0.2) is 30.5 Å². The molecular weight excluding hydrogens is 398 g/mol. The first kappa shape index (κ1) is 22.3. The monoisotopic (exact) mass is 421 g/mol. The normalized spacial score (nSPS) is 11.0. The molecule has 0 aliphatic carbocycles. The summed E-state index contributed by atoms with van der Waals surface area (Å²) in [6, 6.07) is 5.90. The molecule has 0 fully saturated rings. The quantitative estimate of drug-likeness (QED) is 0.349. The van der Waals surface area contributed by atoms with Crippen molar-refractivity contribution >= 4 is 34.3 Å². The van der Waals surface area contributed by atoms with E-state index in [2.05, 4.69) is 4.98 Å². The fourth-order valence-corrected chi connectivity index (χ4v) is 3.06. The van der Waals surface area contributed by atoms with Gasteiger partial charge in [-0.3, -0.25) is 10.1 Å². The van der Waals surface area contributed by atoms with Crippen molar-refractivity contribution in [3.8, 4) is 10.4 Å². The van der Waals surface area contributed by atoms with E-state index in [1.807, 2.05) is 6.92 Å². The van der Waals surface area contributed by atoms with Crippen molar-refractivity contribution in [1.29, 1.82) is 0 Å². The number of hydrogen-bond acceptors (Lipinski definition) is 8. The standard InChI is InChI=1S/C19H23N3O6S/c1-5-6-11-27-17(23)21(18(24)28-19(2,3)4)16-20-12-15(29-16)13-7-9-14(10-8-13)22(25)26/h7-10,12H,5-6,11H2,1-4H3. The Morgan fingerprint density at radius 1 is 1.21 bits per heavy atom. The van der Waals surface area contributed by atoms with Crippen LogP contribution in [0.3, 0.4) is 0 Å². The van der Waals surface area contributed by atoms with Gasteiger partial charge in [0.2, 0.25) is 5.13 Å². The highest BCUT2D eigenvalue weighted by Gasteiger charge is 2.32. The van der Waals surface area contributed by atoms with Crippen LogP contribution >= 0.6 is 11.3 Å². The van der Waals surface area contributed by atoms with E-state index in [1.165, 1.54) is 18.3 Å². The van der Waals surface area contributed by atoms with Gasteiger partial charge in [0.05, 0.1) is 16.4 Å². The van der Waals surface area contributed by atoms with Crippen molar-refractivity contribution in [1.82, 2.24) is 4.98 Å². The van der Waals surface area contributed by atoms with Gasteiger partial charge in [0.15, 0.2) is 0 Å². The Labute approximate surface area is 172 Å². The number of carbonyl (C=O) groups is 2. The Hall–Kier alpha value is -3.01. The molecule has 2 aromatic rings. The number of nitro groups is 1. The number of anilines is 1. The Morgan fingerprint density at radius 3 is 2.41 bits per heavy atom. The maximum Gasteiger partial charge on any atom is 0.426 e. The van der Waals surface area contributed by atoms with Crippen molar-refractivity contribution in [3.63, 3.8) is 0 Å². The van der Waals surface area contributed by atoms with Crippen molar-refractivity contribution in [2.24, 2.45) is 0 Å². The second-order valence-corrected chi connectivity index (χ2v) is 8.10. The highest BCUT2D eigenvalue weighted by molar-refractivity contribution is 7.19. The largest absolute Gasteiger partial charge is 0.449 e. The first-order chi connectivity index (χ1) is 13.6. The van der Waals surface area contributed by atoms with Crippen LogP contribution in [0, 0.1) is 10.1 Å². The Balaban J connectivity index is 2.29. The molecule has 9 nitrogen and oxygen atoms in total. The zero-order chi connectivity index (χ0) is 21.6. The zero-order valence-electron chi connectivity index (χ0n) is 16.7. The molecule has 0 saturated heterocycles. The predicted molar refractivity (Wildman–Crippen MR) is 109 cm³/mol. The summed E-state index contributed by atoms with van der Waals surface area (Å²) in [5, 5.41) is 10.9. The molecule has 0 atom stereocenters. The number of unbranched alkanes of at least 4 members (excludes halogenated alkanes) is 1. The van der Waals surface area contributed by atoms with E-state index >= 15 is 0 Å². The molecule has 1 heterocycles. The van der Waals surface area contributed by atoms with E-state index in [-0.39, 0.29) is 17.4 Å². The second-order valence-electron chi connectivity index (χ2n) is 7.09. The minimum absolute atomic E-state index is 0.0339. The zero-order valence-corrected chi connectivity index (χ0v) is 17.5. The van der Waals surface area contributed by atoms with E-state index < -0.39 is 22.7 Å². The van der Waals surface area contributed by atoms with Gasteiger partial charge in [-0.05, 0) is 44.9 Å². The number of hydrogen-bond donors (Lipinski definition) is 0. The summed E-state index contributed by atoms with van der Waals surface area (Å²) in [7, 11) is 0. The molecule has 2 amide bonds. The van der Waals surface area contributed by atoms with Gasteiger partial charge in [-0.15, -0.1) is 0 Å². The average Bonchev–Trinajstić information content (AvgIpc) is 3.10. The molecule has 0 aliphatic heterocycles. The molecule has 0 spiro atoms. The third kappa shape index (κ3) is 6.24. The number of ether oxygens (including phenoxy) is 2. The Morgan fingerprint density at radius 2 is 1.86 bits per heavy atom. The van der Waals surface area contributed by atoms with Crippen LogP contribution in [0.4, 0.5) is 20.4 Å². The van der Waals surface area contributed by atoms with Crippen LogP contribution in [0.1, 0.15) is 40.5 Å². The third-order valence-electron chi connectivity index (χ3n) is 3.53. The lowest BCUT2D eigenvalue weighted by Gasteiger charge is -2.24. The van der Waals surface area contributed by atoms with Crippen LogP contribution in [-0.2, 0) is 9.47 Å². The summed E-state index contributed by atoms with van der Waals surface area (Å²) in [6.45, 7) is 7.20. The highest BCUT2D eigenvalue weighted by atomic mass is 32.1. The average molecular weight is 421 g/mol. The number of imide groups is 1. The summed E-state index contributed by atoms with van der Waals surface area (Å²) in [5.41, 5.74) is -0.173. The molecule has 0 unspecified atom stereocenters. The molecular formula is C19H23N3O6S. The van der Waals surface area contributed by atoms with Crippen molar-refractivity contribution < 1.29 is 24.0 Å². The lowest BCUT2D eigenvalue weighted by atomic mass is 10.2. The smallest absolute Gasteiger partial charge is 0.426 e. The van der Waals surface area contributed by atoms with Gasteiger partial charge in [-0.2, -0.15) is 4.90 Å². The van der Waals surface area contributed by atoms with Crippen molar-refractivity contribution in [3.05, 3.63) is 40.6 Å². The molecule has 0 radical (unpaired) electrons. The Kier molecular flexibility index (Phi) is 7.27. The first-order valence-electron chi connectivity index (χ1n) is 9.03. The summed E-state index contributed by atoms with van der Waals surface area (Å²) < 4.78 is 10.5. The summed E-state index contributed by atoms with van der Waals surface area (Å²) >= 11 is 1.07. The predicted octanol–water partition coefficient (Wildman–Crippen LogP) is 5.40. The number of non-ortho nitro benzene ring substituents is 1. The van der Waals surface area contributed by atoms with E-state index in [0.717, 1.165) is 22.7 Å². The summed E-state index contributed by atoms with van der Waals surface area (Å²) in [6.07, 6.45) is 1.24. The number of benzene rings is 1. The molecule has 0 aliphatic rings. The van der Waals surface area contributed by atoms with Gasteiger partial charge in [0.25, 0.3) is 5.69 Å². The van der Waals surface area contributed by atoms with Crippen molar-refractivity contribution in [2.75, 3.05) is 11.5 Å². The summed E-state index contributed by atoms with van der Waals surface area (Å²) in [4.78, 5) is 41.0. The number of thiazole rings is 1. The van der Waals surface area contributed by atoms with Crippen molar-refractivity contribution in [2.45, 2.75) is 46.1 Å². The van der Waals surface area contributed by atoms with Gasteiger partial charge >= 0.3 is 12.2 Å². The van der Waals surface area contributed by atoms with E-state index in [9.17, 15) is 19.7 Å². The van der Waals surface area contributed by atoms with Crippen LogP contribution in [0.25, 0.3) is 10.4 Å². The minimum Gasteiger partial charge on any atom is -0.449 e. The molecule has 0 saturated carbocycles. The van der Waals surface area contributed by atoms with Gasteiger partial charge < -0.3 is 9.47 Å². The molecule has 2 rings (SSSR count). The Bertz CT molecular complexity index is 873. The topological polar surface area (TPSA) is 112 Å². The second kappa shape index (κ2) is 9.46. The maximum atomic E-state index is 12.6. The van der Waals surface area contributed by atoms with Crippen LogP contribution in [0.5, 0.6) is 0 Å². The molecule has 156 valence electrons.